The number of unbranched alkanes of at least 4 members (excludes halogenated alkanes) is 12. The number of carbonyl (C=O) groups excluding carboxylic acids is 1. The predicted octanol–water partition coefficient (Wildman–Crippen LogP) is 6.84. The van der Waals surface area contributed by atoms with E-state index >= 15 is 0 Å². The van der Waals surface area contributed by atoms with Crippen molar-refractivity contribution >= 4 is 11.7 Å². The van der Waals surface area contributed by atoms with Crippen LogP contribution in [0.4, 0.5) is 0 Å². The number of aliphatic hydroxyl groups is 2. The number of aliphatic hydroxyl groups excluding tert-OH is 2. The quantitative estimate of drug-likeness (QED) is 0.144. The van der Waals surface area contributed by atoms with Crippen molar-refractivity contribution in [1.29, 1.82) is 0 Å². The highest BCUT2D eigenvalue weighted by Gasteiger charge is 2.36. The molecular formula is C28H43NO4. The van der Waals surface area contributed by atoms with Gasteiger partial charge in [0, 0.05) is 0 Å². The lowest BCUT2D eigenvalue weighted by molar-refractivity contribution is -0.141. The summed E-state index contributed by atoms with van der Waals surface area (Å²) in [6.07, 6.45) is 16.3. The minimum atomic E-state index is -0.971. The van der Waals surface area contributed by atoms with E-state index in [4.69, 9.17) is 4.74 Å². The van der Waals surface area contributed by atoms with E-state index in [-0.39, 0.29) is 11.3 Å². The molecule has 2 rings (SSSR count). The van der Waals surface area contributed by atoms with Crippen LogP contribution in [0.5, 0.6) is 0 Å². The zero-order chi connectivity index (χ0) is 23.7. The molecule has 1 atom stereocenters. The SMILES string of the molecule is CCCCCCCCCCCCCCCC(=NCc1ccccc1)C1=C(O)[C@@H](CO)OC1=O. The van der Waals surface area contributed by atoms with Crippen LogP contribution in [-0.4, -0.2) is 34.6 Å². The highest BCUT2D eigenvalue weighted by atomic mass is 16.6. The molecule has 1 aliphatic heterocycles. The first-order valence-electron chi connectivity index (χ1n) is 13.0. The smallest absolute Gasteiger partial charge is 0.344 e. The van der Waals surface area contributed by atoms with Gasteiger partial charge in [-0.05, 0) is 18.4 Å². The lowest BCUT2D eigenvalue weighted by atomic mass is 10.0. The molecule has 0 aliphatic carbocycles. The summed E-state index contributed by atoms with van der Waals surface area (Å²) in [7, 11) is 0. The number of carbonyl (C=O) groups is 1. The van der Waals surface area contributed by atoms with Crippen LogP contribution in [0.3, 0.4) is 0 Å². The number of nitrogens with zero attached hydrogens (tertiary/aromatic N) is 1. The number of rotatable bonds is 18. The molecule has 5 heteroatoms. The van der Waals surface area contributed by atoms with Crippen molar-refractivity contribution in [3.05, 3.63) is 47.2 Å². The van der Waals surface area contributed by atoms with Crippen molar-refractivity contribution in [2.45, 2.75) is 109 Å². The van der Waals surface area contributed by atoms with Crippen molar-refractivity contribution in [2.24, 2.45) is 4.99 Å². The van der Waals surface area contributed by atoms with Crippen LogP contribution >= 0.6 is 0 Å². The zero-order valence-corrected chi connectivity index (χ0v) is 20.4. The average Bonchev–Trinajstić information content (AvgIpc) is 3.12. The Hall–Kier alpha value is -2.14. The summed E-state index contributed by atoms with van der Waals surface area (Å²) < 4.78 is 5.09. The number of hydrogen-bond acceptors (Lipinski definition) is 5. The van der Waals surface area contributed by atoms with Gasteiger partial charge in [-0.25, -0.2) is 4.79 Å². The number of ether oxygens (including phenoxy) is 1. The van der Waals surface area contributed by atoms with E-state index in [2.05, 4.69) is 11.9 Å². The van der Waals surface area contributed by atoms with E-state index in [0.29, 0.717) is 18.7 Å². The van der Waals surface area contributed by atoms with Crippen LogP contribution < -0.4 is 0 Å². The summed E-state index contributed by atoms with van der Waals surface area (Å²) in [4.78, 5) is 17.0. The van der Waals surface area contributed by atoms with Crippen molar-refractivity contribution in [1.82, 2.24) is 0 Å². The molecule has 0 saturated carbocycles. The molecule has 1 aliphatic rings. The molecule has 2 N–H and O–H groups in total. The Bertz CT molecular complexity index is 742. The van der Waals surface area contributed by atoms with Crippen molar-refractivity contribution in [3.63, 3.8) is 0 Å². The maximum absolute atomic E-state index is 12.3. The van der Waals surface area contributed by atoms with Crippen LogP contribution in [0.2, 0.25) is 0 Å². The zero-order valence-electron chi connectivity index (χ0n) is 20.4. The van der Waals surface area contributed by atoms with Gasteiger partial charge in [0.15, 0.2) is 11.9 Å². The first-order chi connectivity index (χ1) is 16.2. The van der Waals surface area contributed by atoms with E-state index in [1.54, 1.807) is 0 Å². The molecule has 33 heavy (non-hydrogen) atoms. The molecule has 0 unspecified atom stereocenters. The van der Waals surface area contributed by atoms with Crippen molar-refractivity contribution in [3.8, 4) is 0 Å². The molecule has 0 saturated heterocycles. The van der Waals surface area contributed by atoms with Gasteiger partial charge in [0.05, 0.1) is 18.9 Å². The minimum Gasteiger partial charge on any atom is -0.507 e. The van der Waals surface area contributed by atoms with Gasteiger partial charge in [-0.2, -0.15) is 0 Å². The van der Waals surface area contributed by atoms with Gasteiger partial charge in [-0.15, -0.1) is 0 Å². The Morgan fingerprint density at radius 3 is 1.94 bits per heavy atom. The normalized spacial score (nSPS) is 16.5. The molecule has 0 radical (unpaired) electrons. The van der Waals surface area contributed by atoms with E-state index in [0.717, 1.165) is 18.4 Å². The Labute approximate surface area is 200 Å². The Morgan fingerprint density at radius 2 is 1.42 bits per heavy atom. The summed E-state index contributed by atoms with van der Waals surface area (Å²) in [5.74, 6) is -0.780. The fourth-order valence-corrected chi connectivity index (χ4v) is 4.26. The minimum absolute atomic E-state index is 0.143. The molecule has 0 fully saturated rings. The van der Waals surface area contributed by atoms with Crippen LogP contribution in [0, 0.1) is 0 Å². The second kappa shape index (κ2) is 16.5. The van der Waals surface area contributed by atoms with E-state index < -0.39 is 18.7 Å². The van der Waals surface area contributed by atoms with Crippen LogP contribution in [-0.2, 0) is 16.1 Å². The van der Waals surface area contributed by atoms with Gasteiger partial charge in [-0.3, -0.25) is 4.99 Å². The van der Waals surface area contributed by atoms with Crippen LogP contribution in [0.15, 0.2) is 46.7 Å². The number of hydrogen-bond donors (Lipinski definition) is 2. The number of esters is 1. The molecule has 5 nitrogen and oxygen atoms in total. The highest BCUT2D eigenvalue weighted by Crippen LogP contribution is 2.24. The predicted molar refractivity (Wildman–Crippen MR) is 135 cm³/mol. The third-order valence-electron chi connectivity index (χ3n) is 6.28. The second-order valence-corrected chi connectivity index (χ2v) is 9.08. The van der Waals surface area contributed by atoms with E-state index in [9.17, 15) is 15.0 Å². The molecule has 0 amide bonds. The number of benzene rings is 1. The number of cyclic esters (lactones) is 1. The maximum Gasteiger partial charge on any atom is 0.344 e. The molecule has 1 heterocycles. The van der Waals surface area contributed by atoms with Gasteiger partial charge < -0.3 is 14.9 Å². The van der Waals surface area contributed by atoms with Gasteiger partial charge in [0.25, 0.3) is 0 Å². The first kappa shape index (κ1) is 27.1. The van der Waals surface area contributed by atoms with Crippen LogP contribution in [0.1, 0.15) is 102 Å². The van der Waals surface area contributed by atoms with Crippen molar-refractivity contribution < 1.29 is 19.7 Å². The van der Waals surface area contributed by atoms with E-state index in [1.165, 1.54) is 70.6 Å². The Balaban J connectivity index is 1.73. The third-order valence-corrected chi connectivity index (χ3v) is 6.28. The molecule has 0 aromatic heterocycles. The van der Waals surface area contributed by atoms with Gasteiger partial charge >= 0.3 is 5.97 Å². The van der Waals surface area contributed by atoms with Gasteiger partial charge in [0.2, 0.25) is 0 Å². The lowest BCUT2D eigenvalue weighted by Crippen LogP contribution is -2.15. The molecule has 0 spiro atoms. The summed E-state index contributed by atoms with van der Waals surface area (Å²) in [6, 6.07) is 9.85. The fraction of sp³-hybridized carbons (Fsp3) is 0.643. The third kappa shape index (κ3) is 10.1. The largest absolute Gasteiger partial charge is 0.507 e. The Morgan fingerprint density at radius 1 is 0.879 bits per heavy atom. The monoisotopic (exact) mass is 457 g/mol. The highest BCUT2D eigenvalue weighted by molar-refractivity contribution is 6.21. The molecule has 1 aromatic carbocycles. The van der Waals surface area contributed by atoms with Crippen molar-refractivity contribution in [2.75, 3.05) is 6.61 Å². The van der Waals surface area contributed by atoms with Gasteiger partial charge in [-0.1, -0.05) is 114 Å². The lowest BCUT2D eigenvalue weighted by Gasteiger charge is -2.08. The van der Waals surface area contributed by atoms with E-state index in [1.807, 2.05) is 30.3 Å². The summed E-state index contributed by atoms with van der Waals surface area (Å²) >= 11 is 0. The molecule has 0 bridgehead atoms. The summed E-state index contributed by atoms with van der Waals surface area (Å²) in [6.45, 7) is 2.28. The van der Waals surface area contributed by atoms with Crippen LogP contribution in [0.25, 0.3) is 0 Å². The molecule has 184 valence electrons. The molecular weight excluding hydrogens is 414 g/mol. The topological polar surface area (TPSA) is 79.1 Å². The standard InChI is InChI=1S/C28H43NO4/c1-2-3-4-5-6-7-8-9-10-11-12-13-17-20-24(29-21-23-18-15-14-16-19-23)26-27(31)25(22-30)33-28(26)32/h14-16,18-19,25,30-31H,2-13,17,20-22H2,1H3/t25-/m1/s1. The first-order valence-corrected chi connectivity index (χ1v) is 13.0. The fourth-order valence-electron chi connectivity index (χ4n) is 4.26. The molecule has 1 aromatic rings. The van der Waals surface area contributed by atoms with Gasteiger partial charge in [0.1, 0.15) is 5.57 Å². The number of aliphatic imine (C=N–C) groups is 1. The summed E-state index contributed by atoms with van der Waals surface area (Å²) in [5.41, 5.74) is 1.77. The maximum atomic E-state index is 12.3. The summed E-state index contributed by atoms with van der Waals surface area (Å²) in [5, 5.41) is 19.7. The average molecular weight is 458 g/mol. The Kier molecular flexibility index (Phi) is 13.5. The second-order valence-electron chi connectivity index (χ2n) is 9.08.